The summed E-state index contributed by atoms with van der Waals surface area (Å²) in [6.45, 7) is 3.67. The minimum atomic E-state index is -0.188. The first-order valence-electron chi connectivity index (χ1n) is 6.94. The van der Waals surface area contributed by atoms with Gasteiger partial charge in [-0.1, -0.05) is 26.0 Å². The van der Waals surface area contributed by atoms with Gasteiger partial charge in [-0.3, -0.25) is 9.59 Å². The molecule has 0 aromatic heterocycles. The van der Waals surface area contributed by atoms with Gasteiger partial charge in [0.15, 0.2) is 0 Å². The van der Waals surface area contributed by atoms with E-state index in [4.69, 9.17) is 0 Å². The van der Waals surface area contributed by atoms with Gasteiger partial charge in [-0.05, 0) is 52.3 Å². The van der Waals surface area contributed by atoms with Crippen molar-refractivity contribution in [3.05, 3.63) is 58.6 Å². The fraction of sp³-hybridized carbons (Fsp3) is 0.176. The Balaban J connectivity index is 2.04. The average molecular weight is 361 g/mol. The molecule has 2 amide bonds. The number of halogens is 1. The molecule has 5 heteroatoms. The largest absolute Gasteiger partial charge is 0.326 e. The van der Waals surface area contributed by atoms with E-state index >= 15 is 0 Å². The van der Waals surface area contributed by atoms with Gasteiger partial charge in [0, 0.05) is 21.8 Å². The van der Waals surface area contributed by atoms with Gasteiger partial charge in [0.05, 0.1) is 5.56 Å². The Morgan fingerprint density at radius 1 is 0.909 bits per heavy atom. The van der Waals surface area contributed by atoms with Crippen molar-refractivity contribution in [1.82, 2.24) is 0 Å². The molecule has 2 aromatic rings. The van der Waals surface area contributed by atoms with Gasteiger partial charge in [-0.2, -0.15) is 0 Å². The van der Waals surface area contributed by atoms with E-state index in [-0.39, 0.29) is 17.7 Å². The molecule has 0 aliphatic heterocycles. The number of carbonyl (C=O) groups is 2. The third-order valence-electron chi connectivity index (χ3n) is 3.05. The molecular formula is C17H17BrN2O2. The topological polar surface area (TPSA) is 58.2 Å². The van der Waals surface area contributed by atoms with Crippen molar-refractivity contribution >= 4 is 39.1 Å². The van der Waals surface area contributed by atoms with Crippen LogP contribution in [0.15, 0.2) is 53.0 Å². The zero-order chi connectivity index (χ0) is 16.1. The van der Waals surface area contributed by atoms with Gasteiger partial charge in [-0.15, -0.1) is 0 Å². The molecule has 22 heavy (non-hydrogen) atoms. The van der Waals surface area contributed by atoms with Crippen LogP contribution in [0.4, 0.5) is 11.4 Å². The minimum absolute atomic E-state index is 0.0370. The monoisotopic (exact) mass is 360 g/mol. The van der Waals surface area contributed by atoms with Gasteiger partial charge >= 0.3 is 0 Å². The Morgan fingerprint density at radius 2 is 1.45 bits per heavy atom. The molecule has 0 atom stereocenters. The Bertz CT molecular complexity index is 681. The average Bonchev–Trinajstić information content (AvgIpc) is 2.49. The Morgan fingerprint density at radius 3 is 2.00 bits per heavy atom. The molecule has 0 spiro atoms. The van der Waals surface area contributed by atoms with Crippen molar-refractivity contribution in [3.63, 3.8) is 0 Å². The maximum atomic E-state index is 12.2. The molecule has 0 heterocycles. The molecular weight excluding hydrogens is 344 g/mol. The fourth-order valence-corrected chi connectivity index (χ4v) is 2.23. The SMILES string of the molecule is CC(C)C(=O)Nc1ccc(NC(=O)c2ccccc2Br)cc1. The normalized spacial score (nSPS) is 10.4. The summed E-state index contributed by atoms with van der Waals surface area (Å²) in [4.78, 5) is 23.8. The van der Waals surface area contributed by atoms with E-state index in [1.54, 1.807) is 30.3 Å². The second-order valence-corrected chi connectivity index (χ2v) is 6.01. The molecule has 0 aliphatic rings. The standard InChI is InChI=1S/C17H17BrN2O2/c1-11(2)16(21)19-12-7-9-13(10-8-12)20-17(22)14-5-3-4-6-15(14)18/h3-11H,1-2H3,(H,19,21)(H,20,22). The number of rotatable bonds is 4. The minimum Gasteiger partial charge on any atom is -0.326 e. The first-order chi connectivity index (χ1) is 10.5. The molecule has 2 rings (SSSR count). The van der Waals surface area contributed by atoms with Crippen molar-refractivity contribution in [2.24, 2.45) is 5.92 Å². The lowest BCUT2D eigenvalue weighted by molar-refractivity contribution is -0.118. The molecule has 0 unspecified atom stereocenters. The van der Waals surface area contributed by atoms with Crippen LogP contribution in [0, 0.1) is 5.92 Å². The lowest BCUT2D eigenvalue weighted by Gasteiger charge is -2.10. The van der Waals surface area contributed by atoms with E-state index in [2.05, 4.69) is 26.6 Å². The highest BCUT2D eigenvalue weighted by molar-refractivity contribution is 9.10. The maximum Gasteiger partial charge on any atom is 0.256 e. The molecule has 0 radical (unpaired) electrons. The number of anilines is 2. The van der Waals surface area contributed by atoms with E-state index in [0.717, 1.165) is 4.47 Å². The predicted molar refractivity (Wildman–Crippen MR) is 92.0 cm³/mol. The zero-order valence-corrected chi connectivity index (χ0v) is 14.0. The lowest BCUT2D eigenvalue weighted by Crippen LogP contribution is -2.17. The molecule has 2 N–H and O–H groups in total. The number of hydrogen-bond acceptors (Lipinski definition) is 2. The zero-order valence-electron chi connectivity index (χ0n) is 12.4. The van der Waals surface area contributed by atoms with Crippen LogP contribution in [-0.2, 0) is 4.79 Å². The maximum absolute atomic E-state index is 12.2. The second kappa shape index (κ2) is 7.22. The van der Waals surface area contributed by atoms with E-state index in [0.29, 0.717) is 16.9 Å². The van der Waals surface area contributed by atoms with E-state index < -0.39 is 0 Å². The van der Waals surface area contributed by atoms with E-state index in [1.807, 2.05) is 32.0 Å². The van der Waals surface area contributed by atoms with Crippen molar-refractivity contribution in [2.75, 3.05) is 10.6 Å². The Labute approximate surface area is 138 Å². The van der Waals surface area contributed by atoms with Crippen LogP contribution < -0.4 is 10.6 Å². The molecule has 0 bridgehead atoms. The molecule has 0 saturated heterocycles. The highest BCUT2D eigenvalue weighted by atomic mass is 79.9. The first-order valence-corrected chi connectivity index (χ1v) is 7.73. The number of benzene rings is 2. The number of nitrogens with one attached hydrogen (secondary N) is 2. The van der Waals surface area contributed by atoms with Crippen molar-refractivity contribution in [1.29, 1.82) is 0 Å². The fourth-order valence-electron chi connectivity index (χ4n) is 1.77. The first kappa shape index (κ1) is 16.2. The summed E-state index contributed by atoms with van der Waals surface area (Å²) in [5, 5.41) is 5.62. The van der Waals surface area contributed by atoms with E-state index in [1.165, 1.54) is 0 Å². The van der Waals surface area contributed by atoms with Crippen LogP contribution >= 0.6 is 15.9 Å². The summed E-state index contributed by atoms with van der Waals surface area (Å²) in [6.07, 6.45) is 0. The van der Waals surface area contributed by atoms with Gasteiger partial charge in [0.1, 0.15) is 0 Å². The molecule has 0 saturated carbocycles. The van der Waals surface area contributed by atoms with Gasteiger partial charge in [0.25, 0.3) is 5.91 Å². The summed E-state index contributed by atoms with van der Waals surface area (Å²) in [5.74, 6) is -0.300. The number of carbonyl (C=O) groups excluding carboxylic acids is 2. The highest BCUT2D eigenvalue weighted by Gasteiger charge is 2.10. The smallest absolute Gasteiger partial charge is 0.256 e. The predicted octanol–water partition coefficient (Wildman–Crippen LogP) is 4.30. The van der Waals surface area contributed by atoms with Crippen LogP contribution in [0.25, 0.3) is 0 Å². The van der Waals surface area contributed by atoms with Crippen LogP contribution in [0.5, 0.6) is 0 Å². The molecule has 0 aliphatic carbocycles. The van der Waals surface area contributed by atoms with E-state index in [9.17, 15) is 9.59 Å². The second-order valence-electron chi connectivity index (χ2n) is 5.16. The summed E-state index contributed by atoms with van der Waals surface area (Å²) < 4.78 is 0.744. The van der Waals surface area contributed by atoms with Crippen LogP contribution in [0.1, 0.15) is 24.2 Å². The van der Waals surface area contributed by atoms with Crippen LogP contribution in [0.2, 0.25) is 0 Å². The molecule has 0 fully saturated rings. The quantitative estimate of drug-likeness (QED) is 0.853. The third-order valence-corrected chi connectivity index (χ3v) is 3.74. The Kier molecular flexibility index (Phi) is 5.33. The number of amides is 2. The van der Waals surface area contributed by atoms with Gasteiger partial charge in [-0.25, -0.2) is 0 Å². The third kappa shape index (κ3) is 4.18. The molecule has 114 valence electrons. The molecule has 4 nitrogen and oxygen atoms in total. The molecule has 2 aromatic carbocycles. The van der Waals surface area contributed by atoms with Crippen molar-refractivity contribution in [2.45, 2.75) is 13.8 Å². The highest BCUT2D eigenvalue weighted by Crippen LogP contribution is 2.19. The van der Waals surface area contributed by atoms with Crippen LogP contribution in [0.3, 0.4) is 0 Å². The van der Waals surface area contributed by atoms with Crippen molar-refractivity contribution in [3.8, 4) is 0 Å². The number of hydrogen-bond donors (Lipinski definition) is 2. The summed E-state index contributed by atoms with van der Waals surface area (Å²) >= 11 is 3.35. The summed E-state index contributed by atoms with van der Waals surface area (Å²) in [6, 6.07) is 14.3. The van der Waals surface area contributed by atoms with Gasteiger partial charge < -0.3 is 10.6 Å². The summed E-state index contributed by atoms with van der Waals surface area (Å²) in [5.41, 5.74) is 1.94. The van der Waals surface area contributed by atoms with Crippen LogP contribution in [-0.4, -0.2) is 11.8 Å². The van der Waals surface area contributed by atoms with Crippen molar-refractivity contribution < 1.29 is 9.59 Å². The summed E-state index contributed by atoms with van der Waals surface area (Å²) in [7, 11) is 0. The van der Waals surface area contributed by atoms with Gasteiger partial charge in [0.2, 0.25) is 5.91 Å². The lowest BCUT2D eigenvalue weighted by atomic mass is 10.2. The Hall–Kier alpha value is -2.14.